The number of methoxy groups -OCH3 is 1. The van der Waals surface area contributed by atoms with Crippen LogP contribution in [0, 0.1) is 12.8 Å². The first kappa shape index (κ1) is 16.2. The molecule has 1 aromatic heterocycles. The molecule has 0 amide bonds. The average molecular weight is 291 g/mol. The van der Waals surface area contributed by atoms with E-state index >= 15 is 0 Å². The lowest BCUT2D eigenvalue weighted by atomic mass is 10.1. The number of nitrogens with one attached hydrogen (secondary N) is 1. The van der Waals surface area contributed by atoms with Gasteiger partial charge in [-0.15, -0.1) is 0 Å². The maximum Gasteiger partial charge on any atom is 0.129 e. The molecule has 0 radical (unpaired) electrons. The molecule has 2 rings (SSSR count). The summed E-state index contributed by atoms with van der Waals surface area (Å²) in [6.07, 6.45) is 2.70. The van der Waals surface area contributed by atoms with Crippen molar-refractivity contribution >= 4 is 5.82 Å². The van der Waals surface area contributed by atoms with Gasteiger partial charge in [-0.3, -0.25) is 0 Å². The van der Waals surface area contributed by atoms with E-state index in [1.807, 2.05) is 0 Å². The van der Waals surface area contributed by atoms with Crippen molar-refractivity contribution in [3.63, 3.8) is 0 Å². The van der Waals surface area contributed by atoms with Crippen molar-refractivity contribution in [3.8, 4) is 0 Å². The molecule has 1 heterocycles. The summed E-state index contributed by atoms with van der Waals surface area (Å²) < 4.78 is 5.27. The van der Waals surface area contributed by atoms with Gasteiger partial charge >= 0.3 is 0 Å². The van der Waals surface area contributed by atoms with Crippen LogP contribution < -0.4 is 10.2 Å². The monoisotopic (exact) mass is 291 g/mol. The molecular weight excluding hydrogens is 262 g/mol. The summed E-state index contributed by atoms with van der Waals surface area (Å²) in [6, 6.07) is 4.92. The minimum Gasteiger partial charge on any atom is -0.383 e. The Morgan fingerprint density at radius 2 is 2.19 bits per heavy atom. The normalized spacial score (nSPS) is 16.0. The van der Waals surface area contributed by atoms with Gasteiger partial charge in [0.05, 0.1) is 6.61 Å². The molecule has 1 aliphatic rings. The lowest BCUT2D eigenvalue weighted by Gasteiger charge is -2.30. The summed E-state index contributed by atoms with van der Waals surface area (Å²) in [4.78, 5) is 7.25. The van der Waals surface area contributed by atoms with Gasteiger partial charge in [0, 0.05) is 31.9 Å². The van der Waals surface area contributed by atoms with Crippen LogP contribution >= 0.6 is 0 Å². The van der Waals surface area contributed by atoms with Gasteiger partial charge in [-0.2, -0.15) is 0 Å². The fourth-order valence-electron chi connectivity index (χ4n) is 2.73. The number of aryl methyl sites for hydroxylation is 1. The summed E-state index contributed by atoms with van der Waals surface area (Å²) in [7, 11) is 1.76. The number of hydrogen-bond acceptors (Lipinski definition) is 4. The summed E-state index contributed by atoms with van der Waals surface area (Å²) >= 11 is 0. The maximum absolute atomic E-state index is 5.27. The fourth-order valence-corrected chi connectivity index (χ4v) is 2.73. The molecule has 0 bridgehead atoms. The van der Waals surface area contributed by atoms with Gasteiger partial charge in [0.1, 0.15) is 5.82 Å². The molecule has 1 N–H and O–H groups in total. The van der Waals surface area contributed by atoms with Crippen molar-refractivity contribution in [2.24, 2.45) is 5.92 Å². The van der Waals surface area contributed by atoms with E-state index in [1.54, 1.807) is 7.11 Å². The number of pyridine rings is 1. The Hall–Kier alpha value is -1.13. The first-order chi connectivity index (χ1) is 10.2. The van der Waals surface area contributed by atoms with Crippen molar-refractivity contribution in [1.82, 2.24) is 10.3 Å². The largest absolute Gasteiger partial charge is 0.383 e. The van der Waals surface area contributed by atoms with Crippen LogP contribution in [0.15, 0.2) is 12.1 Å². The smallest absolute Gasteiger partial charge is 0.129 e. The maximum atomic E-state index is 5.27. The zero-order valence-corrected chi connectivity index (χ0v) is 13.9. The molecule has 0 aromatic carbocycles. The van der Waals surface area contributed by atoms with Crippen LogP contribution in [-0.2, 0) is 11.3 Å². The topological polar surface area (TPSA) is 37.4 Å². The van der Waals surface area contributed by atoms with E-state index < -0.39 is 0 Å². The molecule has 1 unspecified atom stereocenters. The average Bonchev–Trinajstić information content (AvgIpc) is 3.31. The second-order valence-corrected chi connectivity index (χ2v) is 5.96. The van der Waals surface area contributed by atoms with E-state index in [2.05, 4.69) is 43.1 Å². The molecular formula is C17H29N3O. The molecule has 4 nitrogen and oxygen atoms in total. The standard InChI is InChI=1S/C17H29N3O/c1-5-18-12-16-8-9-17(19-13(16)2)20(10-11-21-4)14(3)15-6-7-15/h8-9,14-15,18H,5-7,10-12H2,1-4H3. The minimum atomic E-state index is 0.548. The third kappa shape index (κ3) is 4.42. The van der Waals surface area contributed by atoms with Gasteiger partial charge in [-0.05, 0) is 50.8 Å². The van der Waals surface area contributed by atoms with Gasteiger partial charge in [-0.1, -0.05) is 13.0 Å². The summed E-state index contributed by atoms with van der Waals surface area (Å²) in [5, 5.41) is 3.37. The highest BCUT2D eigenvalue weighted by molar-refractivity contribution is 5.43. The Morgan fingerprint density at radius 3 is 2.76 bits per heavy atom. The molecule has 21 heavy (non-hydrogen) atoms. The van der Waals surface area contributed by atoms with Crippen LogP contribution in [0.25, 0.3) is 0 Å². The van der Waals surface area contributed by atoms with E-state index in [0.717, 1.165) is 43.7 Å². The summed E-state index contributed by atoms with van der Waals surface area (Å²) in [5.74, 6) is 1.91. The van der Waals surface area contributed by atoms with E-state index in [-0.39, 0.29) is 0 Å². The molecule has 4 heteroatoms. The Balaban J connectivity index is 2.12. The van der Waals surface area contributed by atoms with Crippen molar-refractivity contribution in [2.75, 3.05) is 31.7 Å². The quantitative estimate of drug-likeness (QED) is 0.759. The third-order valence-electron chi connectivity index (χ3n) is 4.37. The molecule has 0 saturated heterocycles. The molecule has 0 spiro atoms. The lowest BCUT2D eigenvalue weighted by molar-refractivity contribution is 0.202. The summed E-state index contributed by atoms with van der Waals surface area (Å²) in [5.41, 5.74) is 2.41. The molecule has 1 aliphatic carbocycles. The van der Waals surface area contributed by atoms with Crippen LogP contribution in [0.3, 0.4) is 0 Å². The van der Waals surface area contributed by atoms with Gasteiger partial charge in [0.15, 0.2) is 0 Å². The van der Waals surface area contributed by atoms with E-state index in [1.165, 1.54) is 18.4 Å². The number of hydrogen-bond donors (Lipinski definition) is 1. The second kappa shape index (κ2) is 7.76. The van der Waals surface area contributed by atoms with E-state index in [4.69, 9.17) is 9.72 Å². The Bertz CT molecular complexity index is 446. The zero-order valence-electron chi connectivity index (χ0n) is 13.9. The van der Waals surface area contributed by atoms with Gasteiger partial charge < -0.3 is 15.0 Å². The fraction of sp³-hybridized carbons (Fsp3) is 0.706. The van der Waals surface area contributed by atoms with Gasteiger partial charge in [0.2, 0.25) is 0 Å². The van der Waals surface area contributed by atoms with Gasteiger partial charge in [-0.25, -0.2) is 4.98 Å². The zero-order chi connectivity index (χ0) is 15.2. The Kier molecular flexibility index (Phi) is 6.00. The third-order valence-corrected chi connectivity index (χ3v) is 4.37. The number of anilines is 1. The van der Waals surface area contributed by atoms with Crippen LogP contribution in [0.5, 0.6) is 0 Å². The predicted octanol–water partition coefficient (Wildman–Crippen LogP) is 2.75. The molecule has 1 atom stereocenters. The number of rotatable bonds is 9. The van der Waals surface area contributed by atoms with Crippen molar-refractivity contribution in [3.05, 3.63) is 23.4 Å². The highest BCUT2D eigenvalue weighted by atomic mass is 16.5. The van der Waals surface area contributed by atoms with Crippen LogP contribution in [0.1, 0.15) is 37.9 Å². The molecule has 1 fully saturated rings. The van der Waals surface area contributed by atoms with E-state index in [0.29, 0.717) is 6.04 Å². The highest BCUT2D eigenvalue weighted by Gasteiger charge is 2.32. The summed E-state index contributed by atoms with van der Waals surface area (Å²) in [6.45, 7) is 10.1. The first-order valence-corrected chi connectivity index (χ1v) is 8.10. The molecule has 1 aromatic rings. The highest BCUT2D eigenvalue weighted by Crippen LogP contribution is 2.36. The van der Waals surface area contributed by atoms with Crippen LogP contribution in [0.2, 0.25) is 0 Å². The van der Waals surface area contributed by atoms with Crippen molar-refractivity contribution < 1.29 is 4.74 Å². The number of ether oxygens (including phenoxy) is 1. The Labute approximate surface area is 128 Å². The van der Waals surface area contributed by atoms with E-state index in [9.17, 15) is 0 Å². The lowest BCUT2D eigenvalue weighted by Crippen LogP contribution is -2.38. The van der Waals surface area contributed by atoms with Gasteiger partial charge in [0.25, 0.3) is 0 Å². The molecule has 1 saturated carbocycles. The predicted molar refractivity (Wildman–Crippen MR) is 87.8 cm³/mol. The van der Waals surface area contributed by atoms with Crippen molar-refractivity contribution in [1.29, 1.82) is 0 Å². The molecule has 118 valence electrons. The Morgan fingerprint density at radius 1 is 1.43 bits per heavy atom. The van der Waals surface area contributed by atoms with Crippen LogP contribution in [0.4, 0.5) is 5.82 Å². The second-order valence-electron chi connectivity index (χ2n) is 5.96. The van der Waals surface area contributed by atoms with Crippen LogP contribution in [-0.4, -0.2) is 37.8 Å². The molecule has 0 aliphatic heterocycles. The SMILES string of the molecule is CCNCc1ccc(N(CCOC)C(C)C2CC2)nc1C. The minimum absolute atomic E-state index is 0.548. The van der Waals surface area contributed by atoms with Crippen molar-refractivity contribution in [2.45, 2.75) is 46.2 Å². The number of nitrogens with zero attached hydrogens (tertiary/aromatic N) is 2. The number of aromatic nitrogens is 1. The first-order valence-electron chi connectivity index (χ1n) is 8.10.